The zero-order chi connectivity index (χ0) is 22.1. The number of carboxylic acid groups (broad SMARTS) is 1. The third-order valence-electron chi connectivity index (χ3n) is 3.96. The first-order valence-electron chi connectivity index (χ1n) is 8.05. The Morgan fingerprint density at radius 2 is 1.86 bits per heavy atom. The summed E-state index contributed by atoms with van der Waals surface area (Å²) in [6, 6.07) is 4.45. The summed E-state index contributed by atoms with van der Waals surface area (Å²) in [6.07, 6.45) is 0. The van der Waals surface area contributed by atoms with Crippen molar-refractivity contribution in [3.8, 4) is 23.1 Å². The van der Waals surface area contributed by atoms with E-state index >= 15 is 0 Å². The second-order valence-electron chi connectivity index (χ2n) is 6.23. The Balaban J connectivity index is 0.000000207. The number of rotatable bonds is 4. The molecule has 158 valence electrons. The summed E-state index contributed by atoms with van der Waals surface area (Å²) >= 11 is 4.87. The van der Waals surface area contributed by atoms with Crippen molar-refractivity contribution in [3.05, 3.63) is 27.5 Å². The number of phenolic OH excluding ortho intramolecular Hbond substituents is 3. The summed E-state index contributed by atoms with van der Waals surface area (Å²) in [6.45, 7) is 3.22. The van der Waals surface area contributed by atoms with Crippen molar-refractivity contribution in [1.82, 2.24) is 9.71 Å². The number of nitrogens with one attached hydrogen (secondary N) is 2. The number of carbonyl (C=O) groups is 1. The molecule has 0 fully saturated rings. The van der Waals surface area contributed by atoms with Gasteiger partial charge in [0.05, 0.1) is 13.5 Å². The molecule has 2 aromatic heterocycles. The van der Waals surface area contributed by atoms with Gasteiger partial charge in [0, 0.05) is 10.9 Å². The number of hydrogen-bond acceptors (Lipinski definition) is 7. The van der Waals surface area contributed by atoms with Gasteiger partial charge in [0.2, 0.25) is 5.75 Å². The molecule has 0 aliphatic carbocycles. The standard InChI is InChI=1S/C9H12BrNO2S2.C9H9NO4/c1-6(9(12)13)11-15(2,3)8-5-4-7(10)14-8;1-3-4-2-5(11)7(12)8(13)6(4)10-9(3)14/h4-6,11H,2-3H2,1H3,(H,12,13);2,10-14H,1H3/t6-;/m1./s1. The first-order valence-corrected chi connectivity index (χ1v) is 11.6. The molecule has 0 unspecified atom stereocenters. The zero-order valence-corrected chi connectivity index (χ0v) is 18.8. The first kappa shape index (κ1) is 22.9. The number of halogens is 1. The Bertz CT molecular complexity index is 1170. The highest BCUT2D eigenvalue weighted by Gasteiger charge is 2.16. The number of carboxylic acids is 1. The molecule has 2 heterocycles. The van der Waals surface area contributed by atoms with Gasteiger partial charge in [-0.25, -0.2) is 0 Å². The number of aryl methyl sites for hydroxylation is 1. The molecule has 3 aromatic rings. The predicted octanol–water partition coefficient (Wildman–Crippen LogP) is 3.81. The van der Waals surface area contributed by atoms with Crippen molar-refractivity contribution in [2.45, 2.75) is 24.1 Å². The van der Waals surface area contributed by atoms with Crippen LogP contribution in [0.1, 0.15) is 12.5 Å². The van der Waals surface area contributed by atoms with Gasteiger partial charge in [-0.3, -0.25) is 9.52 Å². The van der Waals surface area contributed by atoms with Gasteiger partial charge in [-0.2, -0.15) is 0 Å². The molecule has 0 aliphatic heterocycles. The van der Waals surface area contributed by atoms with Crippen LogP contribution in [0.4, 0.5) is 0 Å². The fourth-order valence-electron chi connectivity index (χ4n) is 2.36. The van der Waals surface area contributed by atoms with Crippen molar-refractivity contribution in [2.75, 3.05) is 0 Å². The van der Waals surface area contributed by atoms with E-state index in [1.165, 1.54) is 17.4 Å². The number of aliphatic carboxylic acids is 1. The molecule has 0 saturated carbocycles. The van der Waals surface area contributed by atoms with Gasteiger partial charge < -0.3 is 30.5 Å². The average molecular weight is 505 g/mol. The van der Waals surface area contributed by atoms with Gasteiger partial charge in [-0.05, 0) is 48.0 Å². The van der Waals surface area contributed by atoms with Crippen molar-refractivity contribution < 1.29 is 30.3 Å². The Morgan fingerprint density at radius 3 is 2.38 bits per heavy atom. The third-order valence-corrected chi connectivity index (χ3v) is 8.30. The number of thiophene rings is 1. The second kappa shape index (κ2) is 8.57. The smallest absolute Gasteiger partial charge is 0.321 e. The fraction of sp³-hybridized carbons (Fsp3) is 0.167. The van der Waals surface area contributed by atoms with Crippen LogP contribution in [0.15, 0.2) is 26.2 Å². The SMILES string of the molecule is C=S(=C)(N[C@H](C)C(=O)O)c1ccc(Br)s1.Cc1c(O)[nH]c2c(O)c(O)c(O)cc12. The van der Waals surface area contributed by atoms with Crippen LogP contribution in [0, 0.1) is 6.92 Å². The van der Waals surface area contributed by atoms with Crippen LogP contribution in [0.5, 0.6) is 23.1 Å². The largest absolute Gasteiger partial charge is 0.504 e. The van der Waals surface area contributed by atoms with Crippen molar-refractivity contribution in [3.63, 3.8) is 0 Å². The van der Waals surface area contributed by atoms with Crippen molar-refractivity contribution >= 4 is 65.3 Å². The quantitative estimate of drug-likeness (QED) is 0.211. The van der Waals surface area contributed by atoms with E-state index in [2.05, 4.69) is 37.4 Å². The zero-order valence-electron chi connectivity index (χ0n) is 15.6. The normalized spacial score (nSPS) is 12.4. The monoisotopic (exact) mass is 504 g/mol. The van der Waals surface area contributed by atoms with E-state index in [0.29, 0.717) is 10.9 Å². The van der Waals surface area contributed by atoms with E-state index in [1.54, 1.807) is 13.8 Å². The number of benzene rings is 1. The van der Waals surface area contributed by atoms with Crippen LogP contribution in [-0.2, 0) is 4.79 Å². The summed E-state index contributed by atoms with van der Waals surface area (Å²) in [7, 11) is -1.73. The fourth-order valence-corrected chi connectivity index (χ4v) is 6.08. The molecular formula is C18H21BrN2O6S2. The van der Waals surface area contributed by atoms with Gasteiger partial charge in [0.1, 0.15) is 6.04 Å². The minimum Gasteiger partial charge on any atom is -0.504 e. The van der Waals surface area contributed by atoms with Gasteiger partial charge in [-0.1, -0.05) is 11.7 Å². The minimum atomic E-state index is -1.73. The maximum atomic E-state index is 10.7. The molecule has 1 aromatic carbocycles. The highest BCUT2D eigenvalue weighted by Crippen LogP contribution is 2.43. The summed E-state index contributed by atoms with van der Waals surface area (Å²) in [4.78, 5) is 13.2. The van der Waals surface area contributed by atoms with E-state index in [1.807, 2.05) is 12.1 Å². The predicted molar refractivity (Wildman–Crippen MR) is 122 cm³/mol. The van der Waals surface area contributed by atoms with Crippen LogP contribution in [0.3, 0.4) is 0 Å². The number of fused-ring (bicyclic) bond motifs is 1. The molecule has 1 atom stereocenters. The lowest BCUT2D eigenvalue weighted by atomic mass is 10.1. The third kappa shape index (κ3) is 4.99. The lowest BCUT2D eigenvalue weighted by molar-refractivity contribution is -0.138. The minimum absolute atomic E-state index is 0.0969. The summed E-state index contributed by atoms with van der Waals surface area (Å²) in [5.74, 6) is 5.45. The van der Waals surface area contributed by atoms with Gasteiger partial charge in [0.25, 0.3) is 0 Å². The number of aromatic hydroxyl groups is 4. The lowest BCUT2D eigenvalue weighted by Crippen LogP contribution is -2.30. The Hall–Kier alpha value is -2.34. The summed E-state index contributed by atoms with van der Waals surface area (Å²) < 4.78 is 4.90. The molecule has 0 spiro atoms. The van der Waals surface area contributed by atoms with E-state index in [4.69, 9.17) is 5.11 Å². The molecule has 11 heteroatoms. The van der Waals surface area contributed by atoms with Crippen LogP contribution in [0.2, 0.25) is 0 Å². The van der Waals surface area contributed by atoms with Crippen molar-refractivity contribution in [2.24, 2.45) is 0 Å². The molecule has 0 radical (unpaired) electrons. The average Bonchev–Trinajstić information content (AvgIpc) is 3.19. The Labute approximate surface area is 179 Å². The first-order chi connectivity index (χ1) is 13.3. The Kier molecular flexibility index (Phi) is 6.78. The van der Waals surface area contributed by atoms with Crippen LogP contribution in [0.25, 0.3) is 10.9 Å². The van der Waals surface area contributed by atoms with Crippen molar-refractivity contribution in [1.29, 1.82) is 0 Å². The molecule has 8 nitrogen and oxygen atoms in total. The number of aromatic nitrogens is 1. The molecule has 0 saturated heterocycles. The molecule has 3 rings (SSSR count). The van der Waals surface area contributed by atoms with E-state index < -0.39 is 38.7 Å². The number of aromatic amines is 1. The molecule has 0 bridgehead atoms. The summed E-state index contributed by atoms with van der Waals surface area (Å²) in [5.41, 5.74) is 0.709. The van der Waals surface area contributed by atoms with E-state index in [9.17, 15) is 25.2 Å². The molecule has 0 aliphatic rings. The molecule has 29 heavy (non-hydrogen) atoms. The number of phenols is 3. The van der Waals surface area contributed by atoms with E-state index in [0.717, 1.165) is 8.00 Å². The van der Waals surface area contributed by atoms with Crippen LogP contribution < -0.4 is 4.72 Å². The van der Waals surface area contributed by atoms with Crippen LogP contribution >= 0.6 is 36.7 Å². The molecule has 0 amide bonds. The Morgan fingerprint density at radius 1 is 1.24 bits per heavy atom. The maximum absolute atomic E-state index is 10.7. The van der Waals surface area contributed by atoms with Gasteiger partial charge >= 0.3 is 5.97 Å². The highest BCUT2D eigenvalue weighted by molar-refractivity contribution is 9.11. The number of hydrogen-bond donors (Lipinski definition) is 7. The number of H-pyrrole nitrogens is 1. The van der Waals surface area contributed by atoms with Gasteiger partial charge in [-0.15, -0.1) is 20.7 Å². The van der Waals surface area contributed by atoms with Gasteiger partial charge in [0.15, 0.2) is 17.4 Å². The topological polar surface area (TPSA) is 146 Å². The highest BCUT2D eigenvalue weighted by atomic mass is 79.9. The molecular weight excluding hydrogens is 484 g/mol. The van der Waals surface area contributed by atoms with Crippen LogP contribution in [-0.4, -0.2) is 54.3 Å². The van der Waals surface area contributed by atoms with E-state index in [-0.39, 0.29) is 11.4 Å². The maximum Gasteiger partial charge on any atom is 0.321 e. The lowest BCUT2D eigenvalue weighted by Gasteiger charge is -2.17. The molecule has 7 N–H and O–H groups in total. The second-order valence-corrected chi connectivity index (χ2v) is 11.4. The summed E-state index contributed by atoms with van der Waals surface area (Å²) in [5, 5.41) is 46.4.